The summed E-state index contributed by atoms with van der Waals surface area (Å²) in [5.74, 6) is 0. The SMILES string of the molecule is CCCCC(OCCOCCOCCOC(CCCC)C(O)CO)C(O)CO. The third-order valence-electron chi connectivity index (χ3n) is 4.41. The molecule has 0 spiro atoms. The van der Waals surface area contributed by atoms with E-state index in [2.05, 4.69) is 13.8 Å². The molecule has 0 aliphatic heterocycles. The summed E-state index contributed by atoms with van der Waals surface area (Å²) in [6.07, 6.45) is 2.87. The van der Waals surface area contributed by atoms with E-state index in [-0.39, 0.29) is 25.4 Å². The fourth-order valence-corrected chi connectivity index (χ4v) is 2.66. The molecular weight excluding hydrogens is 368 g/mol. The lowest BCUT2D eigenvalue weighted by molar-refractivity contribution is -0.0852. The molecular formula is C20H42O8. The fourth-order valence-electron chi connectivity index (χ4n) is 2.66. The van der Waals surface area contributed by atoms with Gasteiger partial charge in [-0.25, -0.2) is 0 Å². The van der Waals surface area contributed by atoms with Crippen molar-refractivity contribution in [2.75, 3.05) is 52.9 Å². The molecule has 0 saturated carbocycles. The summed E-state index contributed by atoms with van der Waals surface area (Å²) >= 11 is 0. The standard InChI is InChI=1S/C20H42O8/c1-3-5-7-19(17(23)15-21)27-13-11-25-9-10-26-12-14-28-20(8-6-4-2)18(24)16-22/h17-24H,3-16H2,1-2H3. The molecule has 0 radical (unpaired) electrons. The van der Waals surface area contributed by atoms with E-state index in [0.29, 0.717) is 52.5 Å². The van der Waals surface area contributed by atoms with Gasteiger partial charge in [0, 0.05) is 0 Å². The zero-order chi connectivity index (χ0) is 21.0. The topological polar surface area (TPSA) is 118 Å². The summed E-state index contributed by atoms with van der Waals surface area (Å²) in [7, 11) is 0. The van der Waals surface area contributed by atoms with Crippen molar-refractivity contribution in [1.29, 1.82) is 0 Å². The normalized spacial score (nSPS) is 16.1. The van der Waals surface area contributed by atoms with Gasteiger partial charge in [-0.2, -0.15) is 0 Å². The zero-order valence-electron chi connectivity index (χ0n) is 17.6. The van der Waals surface area contributed by atoms with E-state index in [1.54, 1.807) is 0 Å². The third kappa shape index (κ3) is 14.6. The van der Waals surface area contributed by atoms with Crippen LogP contribution in [0.1, 0.15) is 52.4 Å². The van der Waals surface area contributed by atoms with Gasteiger partial charge in [0.25, 0.3) is 0 Å². The van der Waals surface area contributed by atoms with Crippen LogP contribution in [0.4, 0.5) is 0 Å². The molecule has 0 saturated heterocycles. The van der Waals surface area contributed by atoms with Crippen molar-refractivity contribution in [3.05, 3.63) is 0 Å². The molecule has 0 rings (SSSR count). The van der Waals surface area contributed by atoms with E-state index in [0.717, 1.165) is 25.7 Å². The van der Waals surface area contributed by atoms with Crippen LogP contribution < -0.4 is 0 Å². The maximum atomic E-state index is 9.73. The van der Waals surface area contributed by atoms with E-state index in [1.165, 1.54) is 0 Å². The first-order valence-electron chi connectivity index (χ1n) is 10.6. The minimum atomic E-state index is -0.861. The largest absolute Gasteiger partial charge is 0.394 e. The van der Waals surface area contributed by atoms with Crippen LogP contribution >= 0.6 is 0 Å². The van der Waals surface area contributed by atoms with Crippen LogP contribution in [0.5, 0.6) is 0 Å². The van der Waals surface area contributed by atoms with E-state index >= 15 is 0 Å². The highest BCUT2D eigenvalue weighted by Crippen LogP contribution is 2.10. The van der Waals surface area contributed by atoms with Crippen LogP contribution in [0.3, 0.4) is 0 Å². The smallest absolute Gasteiger partial charge is 0.103 e. The zero-order valence-corrected chi connectivity index (χ0v) is 17.6. The molecule has 0 aromatic carbocycles. The maximum Gasteiger partial charge on any atom is 0.103 e. The molecule has 4 atom stereocenters. The van der Waals surface area contributed by atoms with Crippen LogP contribution in [0.25, 0.3) is 0 Å². The van der Waals surface area contributed by atoms with Crippen molar-refractivity contribution >= 4 is 0 Å². The lowest BCUT2D eigenvalue weighted by Gasteiger charge is -2.22. The predicted octanol–water partition coefficient (Wildman–Crippen LogP) is 0.877. The molecule has 4 unspecified atom stereocenters. The van der Waals surface area contributed by atoms with Crippen molar-refractivity contribution in [1.82, 2.24) is 0 Å². The number of unbranched alkanes of at least 4 members (excludes halogenated alkanes) is 2. The van der Waals surface area contributed by atoms with Crippen LogP contribution in [0, 0.1) is 0 Å². The molecule has 0 fully saturated rings. The second-order valence-electron chi connectivity index (χ2n) is 6.83. The Morgan fingerprint density at radius 1 is 0.607 bits per heavy atom. The van der Waals surface area contributed by atoms with Gasteiger partial charge >= 0.3 is 0 Å². The quantitative estimate of drug-likeness (QED) is 0.206. The van der Waals surface area contributed by atoms with Crippen molar-refractivity contribution in [3.8, 4) is 0 Å². The molecule has 8 heteroatoms. The highest BCUT2D eigenvalue weighted by Gasteiger charge is 2.19. The van der Waals surface area contributed by atoms with E-state index in [4.69, 9.17) is 29.2 Å². The fraction of sp³-hybridized carbons (Fsp3) is 1.00. The predicted molar refractivity (Wildman–Crippen MR) is 106 cm³/mol. The number of rotatable bonds is 21. The van der Waals surface area contributed by atoms with E-state index in [1.807, 2.05) is 0 Å². The number of aliphatic hydroxyl groups excluding tert-OH is 4. The molecule has 4 N–H and O–H groups in total. The second kappa shape index (κ2) is 20.0. The molecule has 0 heterocycles. The summed E-state index contributed by atoms with van der Waals surface area (Å²) < 4.78 is 22.0. The van der Waals surface area contributed by atoms with Gasteiger partial charge in [-0.3, -0.25) is 0 Å². The third-order valence-corrected chi connectivity index (χ3v) is 4.41. The molecule has 28 heavy (non-hydrogen) atoms. The van der Waals surface area contributed by atoms with Crippen LogP contribution in [-0.2, 0) is 18.9 Å². The summed E-state index contributed by atoms with van der Waals surface area (Å²) in [5.41, 5.74) is 0. The summed E-state index contributed by atoms with van der Waals surface area (Å²) in [4.78, 5) is 0. The Morgan fingerprint density at radius 3 is 1.29 bits per heavy atom. The molecule has 170 valence electrons. The Hall–Kier alpha value is -0.320. The van der Waals surface area contributed by atoms with Gasteiger partial charge in [-0.15, -0.1) is 0 Å². The average molecular weight is 411 g/mol. The van der Waals surface area contributed by atoms with Gasteiger partial charge in [0.2, 0.25) is 0 Å². The summed E-state index contributed by atoms with van der Waals surface area (Å²) in [5, 5.41) is 37.6. The van der Waals surface area contributed by atoms with Crippen molar-refractivity contribution in [2.24, 2.45) is 0 Å². The monoisotopic (exact) mass is 410 g/mol. The van der Waals surface area contributed by atoms with E-state index < -0.39 is 12.2 Å². The molecule has 0 bridgehead atoms. The summed E-state index contributed by atoms with van der Waals surface area (Å²) in [6, 6.07) is 0. The van der Waals surface area contributed by atoms with Gasteiger partial charge in [0.15, 0.2) is 0 Å². The van der Waals surface area contributed by atoms with Gasteiger partial charge in [-0.1, -0.05) is 39.5 Å². The number of hydrogen-bond acceptors (Lipinski definition) is 8. The first-order valence-corrected chi connectivity index (χ1v) is 10.6. The van der Waals surface area contributed by atoms with Gasteiger partial charge in [0.1, 0.15) is 12.2 Å². The Balaban J connectivity index is 3.66. The Labute approximate surface area is 169 Å². The van der Waals surface area contributed by atoms with E-state index in [9.17, 15) is 10.2 Å². The Kier molecular flexibility index (Phi) is 19.7. The van der Waals surface area contributed by atoms with Crippen molar-refractivity contribution in [3.63, 3.8) is 0 Å². The first-order chi connectivity index (χ1) is 13.6. The first kappa shape index (κ1) is 27.7. The molecule has 0 aromatic heterocycles. The number of hydrogen-bond donors (Lipinski definition) is 4. The van der Waals surface area contributed by atoms with Gasteiger partial charge in [0.05, 0.1) is 65.1 Å². The number of ether oxygens (including phenoxy) is 4. The molecule has 8 nitrogen and oxygen atoms in total. The van der Waals surface area contributed by atoms with Gasteiger partial charge in [-0.05, 0) is 12.8 Å². The molecule has 0 aliphatic rings. The molecule has 0 amide bonds. The average Bonchev–Trinajstić information content (AvgIpc) is 2.72. The van der Waals surface area contributed by atoms with Crippen molar-refractivity contribution in [2.45, 2.75) is 76.8 Å². The Bertz CT molecular complexity index is 289. The summed E-state index contributed by atoms with van der Waals surface area (Å²) in [6.45, 7) is 5.85. The highest BCUT2D eigenvalue weighted by molar-refractivity contribution is 4.69. The highest BCUT2D eigenvalue weighted by atomic mass is 16.6. The van der Waals surface area contributed by atoms with Crippen LogP contribution in [0.2, 0.25) is 0 Å². The minimum absolute atomic E-state index is 0.306. The second-order valence-corrected chi connectivity index (χ2v) is 6.83. The van der Waals surface area contributed by atoms with Crippen LogP contribution in [0.15, 0.2) is 0 Å². The Morgan fingerprint density at radius 2 is 0.964 bits per heavy atom. The number of aliphatic hydroxyl groups is 4. The van der Waals surface area contributed by atoms with Crippen LogP contribution in [-0.4, -0.2) is 97.7 Å². The lowest BCUT2D eigenvalue weighted by atomic mass is 10.1. The molecule has 0 aliphatic carbocycles. The van der Waals surface area contributed by atoms with Gasteiger partial charge < -0.3 is 39.4 Å². The lowest BCUT2D eigenvalue weighted by Crippen LogP contribution is -2.33. The van der Waals surface area contributed by atoms with Crippen molar-refractivity contribution < 1.29 is 39.4 Å². The maximum absolute atomic E-state index is 9.73. The molecule has 0 aromatic rings. The minimum Gasteiger partial charge on any atom is -0.394 e.